The third-order valence-corrected chi connectivity index (χ3v) is 2.94. The minimum Gasteiger partial charge on any atom is -0.395 e. The predicted molar refractivity (Wildman–Crippen MR) is 57.5 cm³/mol. The Morgan fingerprint density at radius 1 is 1.43 bits per heavy atom. The van der Waals surface area contributed by atoms with Crippen molar-refractivity contribution in [1.29, 1.82) is 0 Å². The third-order valence-electron chi connectivity index (χ3n) is 1.71. The van der Waals surface area contributed by atoms with Crippen LogP contribution in [0.15, 0.2) is 0 Å². The van der Waals surface area contributed by atoms with Crippen molar-refractivity contribution in [1.82, 2.24) is 5.32 Å². The van der Waals surface area contributed by atoms with Crippen LogP contribution in [-0.4, -0.2) is 39.9 Å². The van der Waals surface area contributed by atoms with E-state index in [1.165, 1.54) is 0 Å². The molecular formula is C9H19NO3S. The molecule has 0 aliphatic carbocycles. The first-order valence-electron chi connectivity index (χ1n) is 4.93. The van der Waals surface area contributed by atoms with E-state index in [0.717, 1.165) is 19.3 Å². The van der Waals surface area contributed by atoms with Crippen LogP contribution in [0.4, 0.5) is 0 Å². The monoisotopic (exact) mass is 221 g/mol. The van der Waals surface area contributed by atoms with Crippen molar-refractivity contribution in [3.8, 4) is 0 Å². The molecule has 0 saturated heterocycles. The molecule has 0 bridgehead atoms. The number of carbonyl (C=O) groups is 1. The molecule has 2 N–H and O–H groups in total. The van der Waals surface area contributed by atoms with Crippen LogP contribution in [0.25, 0.3) is 0 Å². The molecule has 0 rings (SSSR count). The number of rotatable bonds is 8. The summed E-state index contributed by atoms with van der Waals surface area (Å²) >= 11 is 0. The summed E-state index contributed by atoms with van der Waals surface area (Å²) in [5.74, 6) is 0.00241. The van der Waals surface area contributed by atoms with Crippen molar-refractivity contribution >= 4 is 16.7 Å². The third kappa shape index (κ3) is 8.19. The average Bonchev–Trinajstić information content (AvgIpc) is 2.13. The van der Waals surface area contributed by atoms with Crippen molar-refractivity contribution in [2.45, 2.75) is 26.2 Å². The van der Waals surface area contributed by atoms with Gasteiger partial charge in [-0.2, -0.15) is 0 Å². The van der Waals surface area contributed by atoms with Crippen LogP contribution in [0.2, 0.25) is 0 Å². The highest BCUT2D eigenvalue weighted by molar-refractivity contribution is 7.85. The van der Waals surface area contributed by atoms with Crippen molar-refractivity contribution < 1.29 is 14.1 Å². The fraction of sp³-hybridized carbons (Fsp3) is 0.889. The Morgan fingerprint density at radius 2 is 2.14 bits per heavy atom. The van der Waals surface area contributed by atoms with Gasteiger partial charge in [0.2, 0.25) is 5.91 Å². The van der Waals surface area contributed by atoms with E-state index in [4.69, 9.17) is 5.11 Å². The lowest BCUT2D eigenvalue weighted by Gasteiger charge is -2.03. The summed E-state index contributed by atoms with van der Waals surface area (Å²) in [7, 11) is -1.22. The van der Waals surface area contributed by atoms with Crippen LogP contribution in [0.1, 0.15) is 26.2 Å². The van der Waals surface area contributed by atoms with E-state index < -0.39 is 10.8 Å². The Labute approximate surface area is 87.5 Å². The molecule has 0 aromatic heterocycles. The van der Waals surface area contributed by atoms with E-state index in [2.05, 4.69) is 12.2 Å². The highest BCUT2D eigenvalue weighted by atomic mass is 32.2. The second-order valence-corrected chi connectivity index (χ2v) is 4.65. The molecule has 0 aliphatic heterocycles. The van der Waals surface area contributed by atoms with Gasteiger partial charge in [0.1, 0.15) is 5.75 Å². The van der Waals surface area contributed by atoms with Gasteiger partial charge in [0.25, 0.3) is 0 Å². The SMILES string of the molecule is CCCCCNC(=O)CS(=O)CCO. The molecule has 0 fully saturated rings. The molecule has 1 atom stereocenters. The van der Waals surface area contributed by atoms with E-state index in [9.17, 15) is 9.00 Å². The van der Waals surface area contributed by atoms with Crippen molar-refractivity contribution in [3.05, 3.63) is 0 Å². The summed E-state index contributed by atoms with van der Waals surface area (Å²) in [4.78, 5) is 11.1. The van der Waals surface area contributed by atoms with Gasteiger partial charge < -0.3 is 10.4 Å². The topological polar surface area (TPSA) is 66.4 Å². The highest BCUT2D eigenvalue weighted by Gasteiger charge is 2.05. The maximum Gasteiger partial charge on any atom is 0.232 e. The van der Waals surface area contributed by atoms with Gasteiger partial charge in [-0.05, 0) is 6.42 Å². The van der Waals surface area contributed by atoms with Gasteiger partial charge in [0.05, 0.1) is 6.61 Å². The van der Waals surface area contributed by atoms with E-state index in [1.807, 2.05) is 0 Å². The lowest BCUT2D eigenvalue weighted by molar-refractivity contribution is -0.118. The van der Waals surface area contributed by atoms with Crippen LogP contribution in [0.3, 0.4) is 0 Å². The summed E-state index contributed by atoms with van der Waals surface area (Å²) in [6.07, 6.45) is 3.18. The largest absolute Gasteiger partial charge is 0.395 e. The van der Waals surface area contributed by atoms with E-state index >= 15 is 0 Å². The number of aliphatic hydroxyl groups excluding tert-OH is 1. The van der Waals surface area contributed by atoms with Crippen LogP contribution >= 0.6 is 0 Å². The average molecular weight is 221 g/mol. The molecule has 14 heavy (non-hydrogen) atoms. The van der Waals surface area contributed by atoms with Gasteiger partial charge in [-0.15, -0.1) is 0 Å². The fourth-order valence-electron chi connectivity index (χ4n) is 0.974. The number of nitrogens with one attached hydrogen (secondary N) is 1. The molecule has 84 valence electrons. The van der Waals surface area contributed by atoms with Gasteiger partial charge in [0.15, 0.2) is 0 Å². The number of hydrogen-bond donors (Lipinski definition) is 2. The minimum absolute atomic E-state index is 0.00663. The van der Waals surface area contributed by atoms with Crippen LogP contribution in [0.5, 0.6) is 0 Å². The first-order valence-corrected chi connectivity index (χ1v) is 6.42. The first-order chi connectivity index (χ1) is 6.70. The summed E-state index contributed by atoms with van der Waals surface area (Å²) in [5.41, 5.74) is 0. The normalized spacial score (nSPS) is 12.4. The van der Waals surface area contributed by atoms with E-state index in [-0.39, 0.29) is 24.0 Å². The number of hydrogen-bond acceptors (Lipinski definition) is 3. The fourth-order valence-corrected chi connectivity index (χ4v) is 1.72. The molecule has 4 nitrogen and oxygen atoms in total. The lowest BCUT2D eigenvalue weighted by Crippen LogP contribution is -2.30. The zero-order chi connectivity index (χ0) is 10.8. The van der Waals surface area contributed by atoms with Gasteiger partial charge in [0, 0.05) is 23.1 Å². The molecule has 0 radical (unpaired) electrons. The van der Waals surface area contributed by atoms with Crippen LogP contribution < -0.4 is 5.32 Å². The molecule has 0 heterocycles. The molecule has 0 spiro atoms. The van der Waals surface area contributed by atoms with E-state index in [1.54, 1.807) is 0 Å². The minimum atomic E-state index is -1.22. The molecule has 0 aromatic carbocycles. The maximum atomic E-state index is 11.1. The summed E-state index contributed by atoms with van der Waals surface area (Å²) in [6.45, 7) is 2.62. The quantitative estimate of drug-likeness (QED) is 0.568. The zero-order valence-corrected chi connectivity index (χ0v) is 9.44. The molecule has 1 amide bonds. The Balaban J connectivity index is 3.40. The number of aliphatic hydroxyl groups is 1. The molecule has 5 heteroatoms. The van der Waals surface area contributed by atoms with Crippen molar-refractivity contribution in [2.24, 2.45) is 0 Å². The summed E-state index contributed by atoms with van der Waals surface area (Å²) in [6, 6.07) is 0. The Kier molecular flexibility index (Phi) is 8.87. The zero-order valence-electron chi connectivity index (χ0n) is 8.62. The Hall–Kier alpha value is -0.420. The summed E-state index contributed by atoms with van der Waals surface area (Å²) < 4.78 is 11.0. The van der Waals surface area contributed by atoms with Gasteiger partial charge >= 0.3 is 0 Å². The number of unbranched alkanes of at least 4 members (excludes halogenated alkanes) is 2. The molecule has 0 aromatic rings. The standard InChI is InChI=1S/C9H19NO3S/c1-2-3-4-5-10-9(12)8-14(13)7-6-11/h11H,2-8H2,1H3,(H,10,12). The van der Waals surface area contributed by atoms with Gasteiger partial charge in [-0.1, -0.05) is 19.8 Å². The van der Waals surface area contributed by atoms with Crippen LogP contribution in [0, 0.1) is 0 Å². The first kappa shape index (κ1) is 13.6. The van der Waals surface area contributed by atoms with Crippen molar-refractivity contribution in [3.63, 3.8) is 0 Å². The smallest absolute Gasteiger partial charge is 0.232 e. The van der Waals surface area contributed by atoms with Crippen LogP contribution in [-0.2, 0) is 15.6 Å². The second-order valence-electron chi connectivity index (χ2n) is 3.07. The lowest BCUT2D eigenvalue weighted by atomic mass is 10.2. The molecule has 0 saturated carbocycles. The molecular weight excluding hydrogens is 202 g/mol. The van der Waals surface area contributed by atoms with Gasteiger partial charge in [-0.3, -0.25) is 9.00 Å². The Morgan fingerprint density at radius 3 is 2.71 bits per heavy atom. The van der Waals surface area contributed by atoms with E-state index in [0.29, 0.717) is 6.54 Å². The maximum absolute atomic E-state index is 11.1. The number of amides is 1. The summed E-state index contributed by atoms with van der Waals surface area (Å²) in [5, 5.41) is 11.2. The van der Waals surface area contributed by atoms with Crippen molar-refractivity contribution in [2.75, 3.05) is 24.7 Å². The predicted octanol–water partition coefficient (Wildman–Crippen LogP) is 0.0338. The highest BCUT2D eigenvalue weighted by Crippen LogP contribution is 1.91. The van der Waals surface area contributed by atoms with Gasteiger partial charge in [-0.25, -0.2) is 0 Å². The Bertz CT molecular complexity index is 185. The second kappa shape index (κ2) is 9.15. The molecule has 1 unspecified atom stereocenters. The molecule has 0 aliphatic rings. The number of carbonyl (C=O) groups excluding carboxylic acids is 1.